The van der Waals surface area contributed by atoms with Crippen LogP contribution >= 0.6 is 11.6 Å². The smallest absolute Gasteiger partial charge is 0.368 e. The minimum atomic E-state index is -4.78. The number of aliphatic hydroxyl groups excluding tert-OH is 1. The van der Waals surface area contributed by atoms with Crippen molar-refractivity contribution in [1.29, 1.82) is 5.26 Å². The van der Waals surface area contributed by atoms with Crippen LogP contribution in [-0.4, -0.2) is 51.5 Å². The van der Waals surface area contributed by atoms with Crippen LogP contribution in [0.2, 0.25) is 5.02 Å². The SMILES string of the molecule is Cc1cc(C#N)cc(C(=O)NC(C)(C)C)c1NC(O)c1cc(Cn2nnc(C(F)(F)F)n2)nn1-c1ncccc1Cl. The van der Waals surface area contributed by atoms with Crippen LogP contribution in [0.25, 0.3) is 5.82 Å². The Balaban J connectivity index is 1.75. The van der Waals surface area contributed by atoms with Crippen molar-refractivity contribution in [3.63, 3.8) is 0 Å². The fourth-order valence-corrected chi connectivity index (χ4v) is 4.03. The van der Waals surface area contributed by atoms with E-state index in [4.69, 9.17) is 11.6 Å². The zero-order chi connectivity index (χ0) is 30.1. The third-order valence-electron chi connectivity index (χ3n) is 5.50. The van der Waals surface area contributed by atoms with Crippen molar-refractivity contribution >= 4 is 23.2 Å². The summed E-state index contributed by atoms with van der Waals surface area (Å²) in [7, 11) is 0. The summed E-state index contributed by atoms with van der Waals surface area (Å²) in [4.78, 5) is 18.1. The number of alkyl halides is 3. The molecule has 1 aromatic carbocycles. The van der Waals surface area contributed by atoms with E-state index in [9.17, 15) is 28.3 Å². The topological polar surface area (TPSA) is 159 Å². The van der Waals surface area contributed by atoms with E-state index in [-0.39, 0.29) is 45.6 Å². The van der Waals surface area contributed by atoms with E-state index >= 15 is 0 Å². The van der Waals surface area contributed by atoms with Crippen molar-refractivity contribution in [3.8, 4) is 11.9 Å². The van der Waals surface area contributed by atoms with Gasteiger partial charge in [-0.15, -0.1) is 10.2 Å². The highest BCUT2D eigenvalue weighted by molar-refractivity contribution is 6.32. The van der Waals surface area contributed by atoms with Crippen molar-refractivity contribution in [2.75, 3.05) is 5.32 Å². The van der Waals surface area contributed by atoms with Gasteiger partial charge in [0.05, 0.1) is 39.3 Å². The van der Waals surface area contributed by atoms with Gasteiger partial charge in [0.2, 0.25) is 0 Å². The summed E-state index contributed by atoms with van der Waals surface area (Å²) in [6.45, 7) is 6.73. The van der Waals surface area contributed by atoms with Crippen LogP contribution in [0.15, 0.2) is 36.5 Å². The van der Waals surface area contributed by atoms with Crippen molar-refractivity contribution in [1.82, 2.24) is 40.3 Å². The van der Waals surface area contributed by atoms with Crippen LogP contribution in [0.4, 0.5) is 18.9 Å². The molecular formula is C25H24ClF3N10O2. The number of aromatic nitrogens is 7. The molecule has 3 aromatic heterocycles. The van der Waals surface area contributed by atoms with Crippen LogP contribution in [0.5, 0.6) is 0 Å². The number of carbonyl (C=O) groups excluding carboxylic acids is 1. The fourth-order valence-electron chi connectivity index (χ4n) is 3.83. The highest BCUT2D eigenvalue weighted by atomic mass is 35.5. The standard InChI is InChI=1S/C25H24ClF3N10O2/c1-13-8-14(11-30)9-16(21(40)33-24(2,3)4)19(13)32-22(41)18-10-15(12-38-36-23(34-37-38)25(27,28)29)35-39(18)20-17(26)6-5-7-31-20/h5-10,22,32,41H,12H2,1-4H3,(H,33,40). The van der Waals surface area contributed by atoms with Gasteiger partial charge >= 0.3 is 6.18 Å². The molecule has 3 N–H and O–H groups in total. The van der Waals surface area contributed by atoms with Gasteiger partial charge < -0.3 is 15.7 Å². The van der Waals surface area contributed by atoms with Crippen molar-refractivity contribution in [2.24, 2.45) is 0 Å². The van der Waals surface area contributed by atoms with Gasteiger partial charge in [-0.1, -0.05) is 11.6 Å². The quantitative estimate of drug-likeness (QED) is 0.273. The maximum Gasteiger partial charge on any atom is 0.455 e. The molecule has 0 saturated carbocycles. The summed E-state index contributed by atoms with van der Waals surface area (Å²) in [6, 6.07) is 9.49. The van der Waals surface area contributed by atoms with Gasteiger partial charge in [-0.05, 0) is 68.8 Å². The first kappa shape index (κ1) is 29.4. The lowest BCUT2D eigenvalue weighted by Gasteiger charge is -2.24. The van der Waals surface area contributed by atoms with E-state index < -0.39 is 29.7 Å². The van der Waals surface area contributed by atoms with Crippen LogP contribution in [-0.2, 0) is 12.7 Å². The number of hydrogen-bond donors (Lipinski definition) is 3. The Bertz CT molecular complexity index is 1640. The van der Waals surface area contributed by atoms with E-state index in [0.717, 1.165) is 0 Å². The Labute approximate surface area is 236 Å². The third kappa shape index (κ3) is 6.79. The molecule has 4 aromatic rings. The monoisotopic (exact) mass is 588 g/mol. The average molecular weight is 589 g/mol. The molecule has 4 rings (SSSR count). The Morgan fingerprint density at radius 2 is 1.95 bits per heavy atom. The van der Waals surface area contributed by atoms with Gasteiger partial charge in [0.15, 0.2) is 12.0 Å². The maximum absolute atomic E-state index is 13.1. The molecule has 1 unspecified atom stereocenters. The first-order valence-electron chi connectivity index (χ1n) is 12.0. The predicted molar refractivity (Wildman–Crippen MR) is 140 cm³/mol. The minimum absolute atomic E-state index is 0.0858. The van der Waals surface area contributed by atoms with Gasteiger partial charge in [0, 0.05) is 11.7 Å². The molecule has 0 aliphatic carbocycles. The number of pyridine rings is 1. The number of nitriles is 1. The number of hydrogen-bond acceptors (Lipinski definition) is 9. The van der Waals surface area contributed by atoms with Crippen LogP contribution < -0.4 is 10.6 Å². The summed E-state index contributed by atoms with van der Waals surface area (Å²) in [5, 5.41) is 40.8. The first-order chi connectivity index (χ1) is 19.2. The van der Waals surface area contributed by atoms with Gasteiger partial charge in [-0.25, -0.2) is 9.67 Å². The van der Waals surface area contributed by atoms with Crippen LogP contribution in [0.3, 0.4) is 0 Å². The number of tetrazole rings is 1. The lowest BCUT2D eigenvalue weighted by molar-refractivity contribution is -0.145. The summed E-state index contributed by atoms with van der Waals surface area (Å²) in [6.07, 6.45) is -4.86. The van der Waals surface area contributed by atoms with Crippen molar-refractivity contribution in [3.05, 3.63) is 75.5 Å². The molecule has 0 saturated heterocycles. The van der Waals surface area contributed by atoms with Gasteiger partial charge in [-0.3, -0.25) is 4.79 Å². The normalized spacial score (nSPS) is 12.6. The molecule has 0 fully saturated rings. The number of benzene rings is 1. The number of amides is 1. The molecule has 41 heavy (non-hydrogen) atoms. The molecule has 0 spiro atoms. The van der Waals surface area contributed by atoms with Crippen LogP contribution in [0.1, 0.15) is 65.7 Å². The van der Waals surface area contributed by atoms with Crippen molar-refractivity contribution in [2.45, 2.75) is 52.2 Å². The van der Waals surface area contributed by atoms with E-state index in [1.807, 2.05) is 6.07 Å². The number of aryl methyl sites for hydroxylation is 1. The summed E-state index contributed by atoms with van der Waals surface area (Å²) < 4.78 is 40.0. The van der Waals surface area contributed by atoms with Gasteiger partial charge in [-0.2, -0.15) is 28.3 Å². The second-order valence-corrected chi connectivity index (χ2v) is 10.4. The summed E-state index contributed by atoms with van der Waals surface area (Å²) >= 11 is 6.33. The van der Waals surface area contributed by atoms with Gasteiger partial charge in [0.1, 0.15) is 6.54 Å². The largest absolute Gasteiger partial charge is 0.455 e. The highest BCUT2D eigenvalue weighted by Gasteiger charge is 2.37. The molecule has 0 bridgehead atoms. The summed E-state index contributed by atoms with van der Waals surface area (Å²) in [5.74, 6) is -1.77. The molecule has 0 aliphatic heterocycles. The van der Waals surface area contributed by atoms with E-state index in [2.05, 4.69) is 36.1 Å². The highest BCUT2D eigenvalue weighted by Crippen LogP contribution is 2.30. The average Bonchev–Trinajstić information content (AvgIpc) is 3.52. The number of anilines is 1. The number of aliphatic hydroxyl groups is 1. The summed E-state index contributed by atoms with van der Waals surface area (Å²) in [5.41, 5.74) is 0.743. The van der Waals surface area contributed by atoms with E-state index in [0.29, 0.717) is 10.4 Å². The molecule has 0 radical (unpaired) electrons. The van der Waals surface area contributed by atoms with E-state index in [1.54, 1.807) is 45.9 Å². The molecular weight excluding hydrogens is 565 g/mol. The predicted octanol–water partition coefficient (Wildman–Crippen LogP) is 3.79. The second-order valence-electron chi connectivity index (χ2n) is 10.0. The minimum Gasteiger partial charge on any atom is -0.368 e. The Hall–Kier alpha value is -4.55. The lowest BCUT2D eigenvalue weighted by atomic mass is 10.0. The molecule has 1 amide bonds. The zero-order valence-electron chi connectivity index (χ0n) is 22.2. The van der Waals surface area contributed by atoms with Crippen LogP contribution in [0, 0.1) is 18.3 Å². The van der Waals surface area contributed by atoms with Gasteiger partial charge in [0.25, 0.3) is 11.7 Å². The molecule has 3 heterocycles. The maximum atomic E-state index is 13.1. The molecule has 12 nitrogen and oxygen atoms in total. The Morgan fingerprint density at radius 1 is 1.22 bits per heavy atom. The molecule has 0 aliphatic rings. The van der Waals surface area contributed by atoms with E-state index in [1.165, 1.54) is 23.0 Å². The Kier molecular flexibility index (Phi) is 8.00. The molecule has 1 atom stereocenters. The fraction of sp³-hybridized carbons (Fsp3) is 0.320. The first-order valence-corrected chi connectivity index (χ1v) is 12.4. The van der Waals surface area contributed by atoms with Crippen molar-refractivity contribution < 1.29 is 23.1 Å². The Morgan fingerprint density at radius 3 is 2.56 bits per heavy atom. The number of nitrogens with one attached hydrogen (secondary N) is 2. The number of halogens is 4. The zero-order valence-corrected chi connectivity index (χ0v) is 22.9. The number of carbonyl (C=O) groups is 1. The molecule has 214 valence electrons. The lowest BCUT2D eigenvalue weighted by Crippen LogP contribution is -2.41. The number of nitrogens with zero attached hydrogens (tertiary/aromatic N) is 8. The third-order valence-corrected chi connectivity index (χ3v) is 5.79. The number of rotatable bonds is 7. The molecule has 16 heteroatoms. The second kappa shape index (κ2) is 11.1.